The van der Waals surface area contributed by atoms with Gasteiger partial charge in [0.15, 0.2) is 4.96 Å². The molecule has 0 fully saturated rings. The largest absolute Gasteiger partial charge is 0.322 e. The van der Waals surface area contributed by atoms with Gasteiger partial charge in [-0.1, -0.05) is 39.8 Å². The lowest BCUT2D eigenvalue weighted by Crippen LogP contribution is -2.28. The summed E-state index contributed by atoms with van der Waals surface area (Å²) in [5.41, 5.74) is 2.20. The maximum atomic E-state index is 12.7. The van der Waals surface area contributed by atoms with Crippen molar-refractivity contribution >= 4 is 27.9 Å². The van der Waals surface area contributed by atoms with Gasteiger partial charge in [0.1, 0.15) is 5.56 Å². The molecule has 0 bridgehead atoms. The molecule has 0 aliphatic carbocycles. The van der Waals surface area contributed by atoms with Gasteiger partial charge in [0.05, 0.1) is 5.69 Å². The molecule has 5 nitrogen and oxygen atoms in total. The summed E-state index contributed by atoms with van der Waals surface area (Å²) in [6.07, 6.45) is 2.17. The number of thiazole rings is 1. The number of aryl methyl sites for hydroxylation is 1. The van der Waals surface area contributed by atoms with Gasteiger partial charge in [0.25, 0.3) is 11.5 Å². The second-order valence-corrected chi connectivity index (χ2v) is 7.80. The highest BCUT2D eigenvalue weighted by atomic mass is 32.1. The monoisotopic (exact) mass is 355 g/mol. The van der Waals surface area contributed by atoms with E-state index in [1.54, 1.807) is 11.6 Å². The molecule has 2 aromatic heterocycles. The van der Waals surface area contributed by atoms with Crippen LogP contribution in [0.2, 0.25) is 0 Å². The van der Waals surface area contributed by atoms with Crippen LogP contribution in [0.25, 0.3) is 4.96 Å². The number of nitrogens with one attached hydrogen (secondary N) is 1. The Labute approximate surface area is 150 Å². The summed E-state index contributed by atoms with van der Waals surface area (Å²) in [5, 5.41) is 4.61. The summed E-state index contributed by atoms with van der Waals surface area (Å²) in [6, 6.07) is 7.70. The number of hydrogen-bond donors (Lipinski definition) is 1. The third-order valence-corrected chi connectivity index (χ3v) is 4.87. The first-order valence-corrected chi connectivity index (χ1v) is 9.10. The number of anilines is 1. The molecular formula is C19H21N3O2S. The zero-order chi connectivity index (χ0) is 18.2. The normalized spacial score (nSPS) is 11.7. The molecule has 3 rings (SSSR count). The van der Waals surface area contributed by atoms with Gasteiger partial charge in [-0.05, 0) is 29.5 Å². The number of carbonyl (C=O) groups excluding carboxylic acids is 1. The molecule has 0 spiro atoms. The Morgan fingerprint density at radius 2 is 1.92 bits per heavy atom. The van der Waals surface area contributed by atoms with Crippen LogP contribution in [-0.4, -0.2) is 15.3 Å². The van der Waals surface area contributed by atoms with Crippen LogP contribution in [0.4, 0.5) is 5.69 Å². The van der Waals surface area contributed by atoms with Crippen molar-refractivity contribution in [2.45, 2.75) is 39.5 Å². The first kappa shape index (κ1) is 17.4. The minimum absolute atomic E-state index is 0.0463. The van der Waals surface area contributed by atoms with Gasteiger partial charge in [-0.2, -0.15) is 0 Å². The van der Waals surface area contributed by atoms with Crippen molar-refractivity contribution in [2.24, 2.45) is 0 Å². The fourth-order valence-corrected chi connectivity index (χ4v) is 3.38. The van der Waals surface area contributed by atoms with E-state index in [-0.39, 0.29) is 16.5 Å². The molecule has 3 aromatic rings. The Hall–Kier alpha value is -2.47. The topological polar surface area (TPSA) is 63.5 Å². The Balaban J connectivity index is 1.95. The first-order valence-electron chi connectivity index (χ1n) is 8.22. The molecule has 6 heteroatoms. The summed E-state index contributed by atoms with van der Waals surface area (Å²) in [6.45, 7) is 8.30. The number of amides is 1. The second-order valence-electron chi connectivity index (χ2n) is 6.93. The fraction of sp³-hybridized carbons (Fsp3) is 0.316. The van der Waals surface area contributed by atoms with Crippen LogP contribution in [0.15, 0.2) is 40.6 Å². The minimum Gasteiger partial charge on any atom is -0.322 e. The van der Waals surface area contributed by atoms with Crippen LogP contribution < -0.4 is 10.9 Å². The van der Waals surface area contributed by atoms with Crippen LogP contribution >= 0.6 is 11.3 Å². The fourth-order valence-electron chi connectivity index (χ4n) is 2.65. The molecular weight excluding hydrogens is 334 g/mol. The second kappa shape index (κ2) is 6.44. The molecule has 2 heterocycles. The molecule has 1 amide bonds. The third kappa shape index (κ3) is 3.35. The lowest BCUT2D eigenvalue weighted by molar-refractivity contribution is 0.102. The lowest BCUT2D eigenvalue weighted by atomic mass is 9.87. The zero-order valence-corrected chi connectivity index (χ0v) is 15.6. The SMILES string of the molecule is CCc1nc2sccn2c(=O)c1C(=O)Nc1ccc(C(C)(C)C)cc1. The van der Waals surface area contributed by atoms with Crippen LogP contribution in [0.5, 0.6) is 0 Å². The van der Waals surface area contributed by atoms with Gasteiger partial charge >= 0.3 is 0 Å². The predicted octanol–water partition coefficient (Wildman–Crippen LogP) is 3.87. The van der Waals surface area contributed by atoms with Gasteiger partial charge in [-0.15, -0.1) is 11.3 Å². The quantitative estimate of drug-likeness (QED) is 0.776. The highest BCUT2D eigenvalue weighted by molar-refractivity contribution is 7.15. The zero-order valence-electron chi connectivity index (χ0n) is 14.8. The van der Waals surface area contributed by atoms with E-state index >= 15 is 0 Å². The average molecular weight is 355 g/mol. The van der Waals surface area contributed by atoms with E-state index in [1.165, 1.54) is 21.3 Å². The lowest BCUT2D eigenvalue weighted by Gasteiger charge is -2.19. The summed E-state index contributed by atoms with van der Waals surface area (Å²) < 4.78 is 1.42. The first-order chi connectivity index (χ1) is 11.8. The van der Waals surface area contributed by atoms with E-state index in [0.29, 0.717) is 22.8 Å². The van der Waals surface area contributed by atoms with E-state index in [4.69, 9.17) is 0 Å². The average Bonchev–Trinajstić information content (AvgIpc) is 3.03. The smallest absolute Gasteiger partial charge is 0.271 e. The van der Waals surface area contributed by atoms with Gasteiger partial charge in [0, 0.05) is 17.3 Å². The summed E-state index contributed by atoms with van der Waals surface area (Å²) >= 11 is 1.38. The van der Waals surface area contributed by atoms with Gasteiger partial charge in [0.2, 0.25) is 0 Å². The summed E-state index contributed by atoms with van der Waals surface area (Å²) in [7, 11) is 0. The van der Waals surface area contributed by atoms with E-state index in [1.807, 2.05) is 31.2 Å². The van der Waals surface area contributed by atoms with Gasteiger partial charge < -0.3 is 5.32 Å². The molecule has 0 radical (unpaired) electrons. The molecule has 0 unspecified atom stereocenters. The highest BCUT2D eigenvalue weighted by Crippen LogP contribution is 2.23. The molecule has 0 saturated carbocycles. The van der Waals surface area contributed by atoms with Crippen molar-refractivity contribution in [2.75, 3.05) is 5.32 Å². The van der Waals surface area contributed by atoms with Crippen molar-refractivity contribution in [3.8, 4) is 0 Å². The predicted molar refractivity (Wildman–Crippen MR) is 102 cm³/mol. The third-order valence-electron chi connectivity index (χ3n) is 4.11. The molecule has 0 aliphatic heterocycles. The molecule has 25 heavy (non-hydrogen) atoms. The number of carbonyl (C=O) groups is 1. The Bertz CT molecular complexity index is 979. The van der Waals surface area contributed by atoms with E-state index in [0.717, 1.165) is 0 Å². The molecule has 0 saturated heterocycles. The number of fused-ring (bicyclic) bond motifs is 1. The van der Waals surface area contributed by atoms with E-state index in [2.05, 4.69) is 31.1 Å². The van der Waals surface area contributed by atoms with Crippen molar-refractivity contribution < 1.29 is 4.79 Å². The molecule has 0 atom stereocenters. The number of benzene rings is 1. The van der Waals surface area contributed by atoms with Gasteiger partial charge in [-0.25, -0.2) is 4.98 Å². The maximum Gasteiger partial charge on any atom is 0.271 e. The van der Waals surface area contributed by atoms with Crippen LogP contribution in [0.1, 0.15) is 49.3 Å². The van der Waals surface area contributed by atoms with Crippen molar-refractivity contribution in [3.63, 3.8) is 0 Å². The summed E-state index contributed by atoms with van der Waals surface area (Å²) in [5.74, 6) is -0.418. The van der Waals surface area contributed by atoms with E-state index in [9.17, 15) is 9.59 Å². The van der Waals surface area contributed by atoms with Crippen LogP contribution in [-0.2, 0) is 11.8 Å². The van der Waals surface area contributed by atoms with Crippen LogP contribution in [0, 0.1) is 0 Å². The molecule has 1 aromatic carbocycles. The molecule has 1 N–H and O–H groups in total. The van der Waals surface area contributed by atoms with Crippen molar-refractivity contribution in [3.05, 3.63) is 63.0 Å². The Kier molecular flexibility index (Phi) is 4.47. The highest BCUT2D eigenvalue weighted by Gasteiger charge is 2.20. The Morgan fingerprint density at radius 1 is 1.24 bits per heavy atom. The number of nitrogens with zero attached hydrogens (tertiary/aromatic N) is 2. The number of rotatable bonds is 3. The summed E-state index contributed by atoms with van der Waals surface area (Å²) in [4.78, 5) is 30.4. The maximum absolute atomic E-state index is 12.7. The van der Waals surface area contributed by atoms with E-state index < -0.39 is 5.91 Å². The minimum atomic E-state index is -0.418. The van der Waals surface area contributed by atoms with Crippen molar-refractivity contribution in [1.82, 2.24) is 9.38 Å². The standard InChI is InChI=1S/C19H21N3O2S/c1-5-14-15(17(24)22-10-11-25-18(22)21-14)16(23)20-13-8-6-12(7-9-13)19(2,3)4/h6-11H,5H2,1-4H3,(H,20,23). The van der Waals surface area contributed by atoms with Gasteiger partial charge in [-0.3, -0.25) is 14.0 Å². The number of aromatic nitrogens is 2. The molecule has 0 aliphatic rings. The Morgan fingerprint density at radius 3 is 2.52 bits per heavy atom. The van der Waals surface area contributed by atoms with Crippen molar-refractivity contribution in [1.29, 1.82) is 0 Å². The molecule has 130 valence electrons. The number of hydrogen-bond acceptors (Lipinski definition) is 4. The van der Waals surface area contributed by atoms with Crippen LogP contribution in [0.3, 0.4) is 0 Å².